The molecule has 2 aromatic carbocycles. The van der Waals surface area contributed by atoms with E-state index in [0.29, 0.717) is 11.3 Å². The van der Waals surface area contributed by atoms with Crippen molar-refractivity contribution in [3.8, 4) is 12.1 Å². The molecule has 116 valence electrons. The van der Waals surface area contributed by atoms with E-state index in [1.807, 2.05) is 31.2 Å². The Morgan fingerprint density at radius 1 is 1.00 bits per heavy atom. The largest absolute Gasteiger partial charge is 0.265 e. The zero-order valence-electron chi connectivity index (χ0n) is 12.6. The first-order valence-electron chi connectivity index (χ1n) is 6.95. The van der Waals surface area contributed by atoms with Crippen LogP contribution in [0.4, 0.5) is 5.69 Å². The van der Waals surface area contributed by atoms with E-state index in [-0.39, 0.29) is 17.9 Å². The van der Waals surface area contributed by atoms with Crippen LogP contribution in [0.1, 0.15) is 17.5 Å². The maximum absolute atomic E-state index is 12.9. The molecule has 0 bridgehead atoms. The molecule has 6 heteroatoms. The van der Waals surface area contributed by atoms with Gasteiger partial charge in [0.2, 0.25) is 0 Å². The molecule has 0 saturated carbocycles. The summed E-state index contributed by atoms with van der Waals surface area (Å²) >= 11 is 0. The van der Waals surface area contributed by atoms with E-state index >= 15 is 0 Å². The number of benzene rings is 2. The van der Waals surface area contributed by atoms with E-state index in [2.05, 4.69) is 0 Å². The van der Waals surface area contributed by atoms with Crippen LogP contribution in [0.3, 0.4) is 0 Å². The fraction of sp³-hybridized carbons (Fsp3) is 0.176. The Morgan fingerprint density at radius 3 is 2.13 bits per heavy atom. The molecule has 0 unspecified atom stereocenters. The average Bonchev–Trinajstić information content (AvgIpc) is 2.56. The number of rotatable bonds is 5. The molecule has 0 heterocycles. The number of anilines is 1. The van der Waals surface area contributed by atoms with E-state index < -0.39 is 10.0 Å². The van der Waals surface area contributed by atoms with Gasteiger partial charge in [-0.05, 0) is 43.3 Å². The summed E-state index contributed by atoms with van der Waals surface area (Å²) < 4.78 is 26.9. The first-order valence-corrected chi connectivity index (χ1v) is 8.39. The molecule has 0 spiro atoms. The van der Waals surface area contributed by atoms with Crippen LogP contribution in [0.2, 0.25) is 0 Å². The normalized spacial score (nSPS) is 10.6. The van der Waals surface area contributed by atoms with Crippen molar-refractivity contribution in [3.05, 3.63) is 59.7 Å². The number of aryl methyl sites for hydroxylation is 1. The summed E-state index contributed by atoms with van der Waals surface area (Å²) in [7, 11) is -3.79. The van der Waals surface area contributed by atoms with Crippen LogP contribution in [0.15, 0.2) is 53.4 Å². The molecule has 0 N–H and O–H groups in total. The molecule has 23 heavy (non-hydrogen) atoms. The van der Waals surface area contributed by atoms with E-state index in [1.54, 1.807) is 12.1 Å². The fourth-order valence-corrected chi connectivity index (χ4v) is 3.54. The molecule has 0 aromatic heterocycles. The Hall–Kier alpha value is -2.83. The van der Waals surface area contributed by atoms with Gasteiger partial charge in [-0.25, -0.2) is 8.42 Å². The second kappa shape index (κ2) is 6.95. The molecule has 2 aromatic rings. The number of nitriles is 2. The molecule has 2 rings (SSSR count). The predicted octanol–water partition coefficient (Wildman–Crippen LogP) is 2.98. The highest BCUT2D eigenvalue weighted by atomic mass is 32.2. The Kier molecular flexibility index (Phi) is 5.00. The van der Waals surface area contributed by atoms with Crippen molar-refractivity contribution in [2.45, 2.75) is 18.2 Å². The van der Waals surface area contributed by atoms with Crippen LogP contribution in [0, 0.1) is 29.6 Å². The highest BCUT2D eigenvalue weighted by Gasteiger charge is 2.24. The lowest BCUT2D eigenvalue weighted by Gasteiger charge is -2.23. The smallest absolute Gasteiger partial charge is 0.264 e. The van der Waals surface area contributed by atoms with Crippen molar-refractivity contribution in [1.29, 1.82) is 10.5 Å². The predicted molar refractivity (Wildman–Crippen MR) is 87.1 cm³/mol. The fourth-order valence-electron chi connectivity index (χ4n) is 2.08. The van der Waals surface area contributed by atoms with Crippen molar-refractivity contribution >= 4 is 15.7 Å². The quantitative estimate of drug-likeness (QED) is 0.846. The molecular weight excluding hydrogens is 310 g/mol. The van der Waals surface area contributed by atoms with Gasteiger partial charge >= 0.3 is 0 Å². The minimum absolute atomic E-state index is 0.0713. The Morgan fingerprint density at radius 2 is 1.61 bits per heavy atom. The van der Waals surface area contributed by atoms with Gasteiger partial charge in [0.1, 0.15) is 0 Å². The molecule has 0 aliphatic carbocycles. The van der Waals surface area contributed by atoms with Gasteiger partial charge in [-0.15, -0.1) is 0 Å². The molecule has 0 saturated heterocycles. The van der Waals surface area contributed by atoms with Gasteiger partial charge < -0.3 is 0 Å². The SMILES string of the molecule is Cc1ccc(N(CCC#N)S(=O)(=O)c2ccc(C#N)cc2)cc1. The van der Waals surface area contributed by atoms with E-state index in [0.717, 1.165) is 5.56 Å². The summed E-state index contributed by atoms with van der Waals surface area (Å²) in [6, 6.07) is 16.7. The lowest BCUT2D eigenvalue weighted by molar-refractivity contribution is 0.591. The summed E-state index contributed by atoms with van der Waals surface area (Å²) in [6.45, 7) is 1.99. The summed E-state index contributed by atoms with van der Waals surface area (Å²) in [6.07, 6.45) is 0.0867. The highest BCUT2D eigenvalue weighted by Crippen LogP contribution is 2.24. The highest BCUT2D eigenvalue weighted by molar-refractivity contribution is 7.92. The van der Waals surface area contributed by atoms with Crippen molar-refractivity contribution in [2.75, 3.05) is 10.8 Å². The number of nitrogens with zero attached hydrogens (tertiary/aromatic N) is 3. The van der Waals surface area contributed by atoms with Crippen LogP contribution in [-0.2, 0) is 10.0 Å². The summed E-state index contributed by atoms with van der Waals surface area (Å²) in [5.74, 6) is 0. The molecule has 0 amide bonds. The van der Waals surface area contributed by atoms with E-state index in [9.17, 15) is 8.42 Å². The lowest BCUT2D eigenvalue weighted by atomic mass is 10.2. The molecule has 0 atom stereocenters. The van der Waals surface area contributed by atoms with E-state index in [1.165, 1.54) is 28.6 Å². The van der Waals surface area contributed by atoms with Crippen molar-refractivity contribution < 1.29 is 8.42 Å². The molecule has 0 radical (unpaired) electrons. The first kappa shape index (κ1) is 16.5. The molecular formula is C17H15N3O2S. The van der Waals surface area contributed by atoms with Crippen molar-refractivity contribution in [1.82, 2.24) is 0 Å². The molecule has 0 aliphatic rings. The van der Waals surface area contributed by atoms with Crippen LogP contribution in [0.5, 0.6) is 0 Å². The maximum Gasteiger partial charge on any atom is 0.264 e. The Bertz CT molecular complexity index is 858. The van der Waals surface area contributed by atoms with Crippen molar-refractivity contribution in [2.24, 2.45) is 0 Å². The van der Waals surface area contributed by atoms with Gasteiger partial charge in [-0.1, -0.05) is 17.7 Å². The topological polar surface area (TPSA) is 85.0 Å². The number of sulfonamides is 1. The zero-order valence-corrected chi connectivity index (χ0v) is 13.4. The van der Waals surface area contributed by atoms with Crippen LogP contribution in [-0.4, -0.2) is 15.0 Å². The standard InChI is InChI=1S/C17H15N3O2S/c1-14-3-7-16(8-4-14)20(12-2-11-18)23(21,22)17-9-5-15(13-19)6-10-17/h3-10H,2,12H2,1H3. The number of hydrogen-bond donors (Lipinski definition) is 0. The third-order valence-corrected chi connectivity index (χ3v) is 5.16. The van der Waals surface area contributed by atoms with Crippen LogP contribution >= 0.6 is 0 Å². The zero-order chi connectivity index (χ0) is 16.9. The van der Waals surface area contributed by atoms with Gasteiger partial charge in [-0.3, -0.25) is 4.31 Å². The Labute approximate surface area is 136 Å². The average molecular weight is 325 g/mol. The maximum atomic E-state index is 12.9. The monoisotopic (exact) mass is 325 g/mol. The summed E-state index contributed by atoms with van der Waals surface area (Å²) in [5, 5.41) is 17.6. The Balaban J connectivity index is 2.46. The minimum atomic E-state index is -3.79. The lowest BCUT2D eigenvalue weighted by Crippen LogP contribution is -2.31. The van der Waals surface area contributed by atoms with Gasteiger partial charge in [0.15, 0.2) is 0 Å². The van der Waals surface area contributed by atoms with Gasteiger partial charge in [0, 0.05) is 6.54 Å². The van der Waals surface area contributed by atoms with Crippen LogP contribution in [0.25, 0.3) is 0 Å². The first-order chi connectivity index (χ1) is 11.0. The van der Waals surface area contributed by atoms with Gasteiger partial charge in [-0.2, -0.15) is 10.5 Å². The third kappa shape index (κ3) is 3.68. The second-order valence-electron chi connectivity index (χ2n) is 4.96. The van der Waals surface area contributed by atoms with Crippen LogP contribution < -0.4 is 4.31 Å². The molecule has 0 aliphatic heterocycles. The van der Waals surface area contributed by atoms with E-state index in [4.69, 9.17) is 10.5 Å². The van der Waals surface area contributed by atoms with Gasteiger partial charge in [0.25, 0.3) is 10.0 Å². The third-order valence-electron chi connectivity index (χ3n) is 3.32. The summed E-state index contributed by atoms with van der Waals surface area (Å²) in [5.41, 5.74) is 1.92. The van der Waals surface area contributed by atoms with Gasteiger partial charge in [0.05, 0.1) is 34.7 Å². The van der Waals surface area contributed by atoms with Crippen molar-refractivity contribution in [3.63, 3.8) is 0 Å². The second-order valence-corrected chi connectivity index (χ2v) is 6.82. The molecule has 5 nitrogen and oxygen atoms in total. The number of hydrogen-bond acceptors (Lipinski definition) is 4. The minimum Gasteiger partial charge on any atom is -0.265 e. The molecule has 0 fully saturated rings. The summed E-state index contributed by atoms with van der Waals surface area (Å²) in [4.78, 5) is 0.0926.